The third kappa shape index (κ3) is 3.81. The Bertz CT molecular complexity index is 1200. The molecule has 2 heterocycles. The normalized spacial score (nSPS) is 12.2. The summed E-state index contributed by atoms with van der Waals surface area (Å²) in [5.74, 6) is 1.03. The number of alkyl halides is 3. The smallest absolute Gasteiger partial charge is 0.352 e. The van der Waals surface area contributed by atoms with Gasteiger partial charge in [0.25, 0.3) is 0 Å². The minimum atomic E-state index is -4.43. The highest BCUT2D eigenvalue weighted by atomic mass is 35.5. The van der Waals surface area contributed by atoms with E-state index >= 15 is 0 Å². The minimum Gasteiger partial charge on any atom is -0.352 e. The fourth-order valence-electron chi connectivity index (χ4n) is 3.52. The van der Waals surface area contributed by atoms with Crippen molar-refractivity contribution in [3.8, 4) is 22.7 Å². The van der Waals surface area contributed by atoms with Crippen LogP contribution < -0.4 is 0 Å². The number of halogens is 4. The van der Waals surface area contributed by atoms with E-state index in [2.05, 4.69) is 15.1 Å². The van der Waals surface area contributed by atoms with E-state index in [1.54, 1.807) is 24.3 Å². The summed E-state index contributed by atoms with van der Waals surface area (Å²) >= 11 is 0. The van der Waals surface area contributed by atoms with Gasteiger partial charge in [0.05, 0.1) is 22.3 Å². The summed E-state index contributed by atoms with van der Waals surface area (Å²) in [6.45, 7) is 8.06. The van der Waals surface area contributed by atoms with E-state index in [0.29, 0.717) is 28.2 Å². The van der Waals surface area contributed by atoms with E-state index in [1.165, 1.54) is 12.1 Å². The van der Waals surface area contributed by atoms with Crippen LogP contribution in [0.3, 0.4) is 0 Å². The monoisotopic (exact) mass is 435 g/mol. The zero-order valence-electron chi connectivity index (χ0n) is 16.9. The first-order valence-corrected chi connectivity index (χ1v) is 9.19. The van der Waals surface area contributed by atoms with Crippen molar-refractivity contribution in [1.29, 1.82) is 0 Å². The van der Waals surface area contributed by atoms with Gasteiger partial charge in [0.1, 0.15) is 0 Å². The number of H-pyrrole nitrogens is 1. The molecule has 0 spiro atoms. The summed E-state index contributed by atoms with van der Waals surface area (Å²) in [4.78, 5) is 7.69. The molecule has 0 amide bonds. The molecule has 8 heteroatoms. The quantitative estimate of drug-likeness (QED) is 0.371. The topological polar surface area (TPSA) is 54.7 Å². The summed E-state index contributed by atoms with van der Waals surface area (Å²) in [5, 5.41) is 4.18. The lowest BCUT2D eigenvalue weighted by atomic mass is 9.89. The maximum atomic E-state index is 13.4. The molecule has 30 heavy (non-hydrogen) atoms. The van der Waals surface area contributed by atoms with Crippen molar-refractivity contribution in [3.05, 3.63) is 59.3 Å². The van der Waals surface area contributed by atoms with Crippen molar-refractivity contribution < 1.29 is 17.7 Å². The highest BCUT2D eigenvalue weighted by molar-refractivity contribution is 5.85. The number of fused-ring (bicyclic) bond motifs is 1. The zero-order valence-corrected chi connectivity index (χ0v) is 17.7. The van der Waals surface area contributed by atoms with E-state index in [-0.39, 0.29) is 23.4 Å². The summed E-state index contributed by atoms with van der Waals surface area (Å²) in [6, 6.07) is 10.6. The molecule has 4 nitrogen and oxygen atoms in total. The van der Waals surface area contributed by atoms with Crippen LogP contribution >= 0.6 is 12.4 Å². The highest BCUT2D eigenvalue weighted by Crippen LogP contribution is 2.38. The molecule has 0 aliphatic carbocycles. The first kappa shape index (κ1) is 21.9. The maximum absolute atomic E-state index is 13.4. The minimum absolute atomic E-state index is 0. The number of aromatic nitrogens is 3. The van der Waals surface area contributed by atoms with Crippen molar-refractivity contribution >= 4 is 23.4 Å². The van der Waals surface area contributed by atoms with Gasteiger partial charge in [-0.1, -0.05) is 50.2 Å². The first-order valence-electron chi connectivity index (χ1n) is 9.19. The van der Waals surface area contributed by atoms with Gasteiger partial charge in [-0.25, -0.2) is 4.98 Å². The summed E-state index contributed by atoms with van der Waals surface area (Å²) in [7, 11) is 0. The Morgan fingerprint density at radius 3 is 2.33 bits per heavy atom. The molecule has 0 fully saturated rings. The molecule has 0 saturated carbocycles. The largest absolute Gasteiger partial charge is 0.417 e. The van der Waals surface area contributed by atoms with Gasteiger partial charge >= 0.3 is 6.18 Å². The van der Waals surface area contributed by atoms with E-state index in [1.807, 2.05) is 27.7 Å². The number of nitrogens with zero attached hydrogens (tertiary/aromatic N) is 2. The molecule has 1 N–H and O–H groups in total. The number of imidazole rings is 1. The second-order valence-corrected chi connectivity index (χ2v) is 8.10. The summed E-state index contributed by atoms with van der Waals surface area (Å²) < 4.78 is 45.7. The van der Waals surface area contributed by atoms with E-state index in [0.717, 1.165) is 17.3 Å². The molecule has 2 aromatic heterocycles. The lowest BCUT2D eigenvalue weighted by molar-refractivity contribution is -0.137. The van der Waals surface area contributed by atoms with Crippen LogP contribution in [0.4, 0.5) is 13.2 Å². The van der Waals surface area contributed by atoms with E-state index in [9.17, 15) is 13.2 Å². The third-order valence-corrected chi connectivity index (χ3v) is 4.87. The molecule has 0 unspecified atom stereocenters. The Morgan fingerprint density at radius 2 is 1.70 bits per heavy atom. The predicted molar refractivity (Wildman–Crippen MR) is 113 cm³/mol. The van der Waals surface area contributed by atoms with Crippen LogP contribution in [-0.4, -0.2) is 15.1 Å². The van der Waals surface area contributed by atoms with Gasteiger partial charge in [0.2, 0.25) is 5.76 Å². The van der Waals surface area contributed by atoms with Gasteiger partial charge in [-0.3, -0.25) is 0 Å². The molecule has 0 radical (unpaired) electrons. The van der Waals surface area contributed by atoms with E-state index in [4.69, 9.17) is 4.52 Å². The Morgan fingerprint density at radius 1 is 1.00 bits per heavy atom. The number of hydrogen-bond donors (Lipinski definition) is 1. The molecule has 2 aromatic carbocycles. The molecular formula is C22H21ClF3N3O. The molecule has 4 aromatic rings. The fourth-order valence-corrected chi connectivity index (χ4v) is 3.52. The number of hydrogen-bond acceptors (Lipinski definition) is 3. The average Bonchev–Trinajstić information content (AvgIpc) is 3.23. The van der Waals surface area contributed by atoms with Gasteiger partial charge in [0.15, 0.2) is 5.82 Å². The van der Waals surface area contributed by atoms with Crippen LogP contribution in [0.5, 0.6) is 0 Å². The molecule has 0 atom stereocenters. The first-order chi connectivity index (χ1) is 13.6. The van der Waals surface area contributed by atoms with Gasteiger partial charge in [-0.15, -0.1) is 12.4 Å². The van der Waals surface area contributed by atoms with Crippen LogP contribution in [0.15, 0.2) is 47.0 Å². The van der Waals surface area contributed by atoms with Gasteiger partial charge in [0, 0.05) is 11.0 Å². The van der Waals surface area contributed by atoms with Crippen molar-refractivity contribution in [3.63, 3.8) is 0 Å². The highest BCUT2D eigenvalue weighted by Gasteiger charge is 2.33. The van der Waals surface area contributed by atoms with Gasteiger partial charge < -0.3 is 9.51 Å². The lowest BCUT2D eigenvalue weighted by Crippen LogP contribution is -2.13. The molecule has 0 bridgehead atoms. The Hall–Kier alpha value is -2.80. The third-order valence-electron chi connectivity index (χ3n) is 4.87. The number of aromatic amines is 1. The van der Waals surface area contributed by atoms with E-state index < -0.39 is 11.7 Å². The van der Waals surface area contributed by atoms with Crippen molar-refractivity contribution in [1.82, 2.24) is 15.1 Å². The molecule has 0 aliphatic heterocycles. The second kappa shape index (κ2) is 7.47. The maximum Gasteiger partial charge on any atom is 0.417 e. The fraction of sp³-hybridized carbons (Fsp3) is 0.273. The second-order valence-electron chi connectivity index (χ2n) is 8.10. The van der Waals surface area contributed by atoms with Crippen molar-refractivity contribution in [2.45, 2.75) is 39.3 Å². The van der Waals surface area contributed by atoms with Crippen molar-refractivity contribution in [2.24, 2.45) is 0 Å². The predicted octanol–water partition coefficient (Wildman–Crippen LogP) is 6.93. The Labute approximate surface area is 177 Å². The zero-order chi connectivity index (χ0) is 21.0. The summed E-state index contributed by atoms with van der Waals surface area (Å²) in [5.41, 5.74) is 2.75. The van der Waals surface area contributed by atoms with Crippen LogP contribution in [0.2, 0.25) is 0 Å². The SMILES string of the molecule is Cc1c(C(C)(C)C)noc1-c1nc2ccc(-c3ccccc3C(F)(F)F)cc2[nH]1.Cl. The van der Waals surface area contributed by atoms with Gasteiger partial charge in [-0.05, 0) is 36.2 Å². The van der Waals surface area contributed by atoms with Crippen LogP contribution in [-0.2, 0) is 11.6 Å². The lowest BCUT2D eigenvalue weighted by Gasteiger charge is -2.14. The molecule has 0 saturated heterocycles. The van der Waals surface area contributed by atoms with Crippen LogP contribution in [0.25, 0.3) is 33.7 Å². The standard InChI is InChI=1S/C22H20F3N3O.ClH/c1-12-18(29-28-19(12)21(2,3)4)20-26-16-10-9-13(11-17(16)27-20)14-7-5-6-8-15(14)22(23,24)25;/h5-11H,1-4H3,(H,26,27);1H. The van der Waals surface area contributed by atoms with Gasteiger partial charge in [-0.2, -0.15) is 13.2 Å². The number of rotatable bonds is 2. The summed E-state index contributed by atoms with van der Waals surface area (Å²) in [6.07, 6.45) is -4.43. The molecule has 158 valence electrons. The van der Waals surface area contributed by atoms with Crippen LogP contribution in [0.1, 0.15) is 37.6 Å². The molecule has 4 rings (SSSR count). The Kier molecular flexibility index (Phi) is 5.45. The number of nitrogens with one attached hydrogen (secondary N) is 1. The molecule has 0 aliphatic rings. The Balaban J connectivity index is 0.00000256. The van der Waals surface area contributed by atoms with Crippen molar-refractivity contribution in [2.75, 3.05) is 0 Å². The average molecular weight is 436 g/mol. The van der Waals surface area contributed by atoms with Crippen LogP contribution in [0, 0.1) is 6.92 Å². The number of benzene rings is 2. The molecular weight excluding hydrogens is 415 g/mol.